The van der Waals surface area contributed by atoms with E-state index >= 15 is 0 Å². The Morgan fingerprint density at radius 1 is 1.35 bits per heavy atom. The summed E-state index contributed by atoms with van der Waals surface area (Å²) in [6.45, 7) is 1.92. The fourth-order valence-electron chi connectivity index (χ4n) is 1.43. The number of anilines is 1. The summed E-state index contributed by atoms with van der Waals surface area (Å²) < 4.78 is 10.1. The van der Waals surface area contributed by atoms with Gasteiger partial charge in [-0.1, -0.05) is 6.07 Å². The van der Waals surface area contributed by atoms with E-state index in [1.165, 1.54) is 0 Å². The van der Waals surface area contributed by atoms with E-state index in [2.05, 4.69) is 5.32 Å². The highest BCUT2D eigenvalue weighted by molar-refractivity contribution is 7.98. The van der Waals surface area contributed by atoms with Crippen LogP contribution in [0.4, 0.5) is 5.69 Å². The van der Waals surface area contributed by atoms with Gasteiger partial charge in [0.05, 0.1) is 6.61 Å². The SMILES string of the molecule is CCOC(=O)COc1cccc(NC(=O)CCSC)c1. The first-order valence-corrected chi connectivity index (χ1v) is 7.72. The molecule has 20 heavy (non-hydrogen) atoms. The second-order valence-electron chi connectivity index (χ2n) is 3.91. The van der Waals surface area contributed by atoms with Crippen LogP contribution in [0.5, 0.6) is 5.75 Å². The highest BCUT2D eigenvalue weighted by atomic mass is 32.2. The largest absolute Gasteiger partial charge is 0.482 e. The molecule has 1 aromatic rings. The van der Waals surface area contributed by atoms with Crippen LogP contribution in [-0.4, -0.2) is 37.1 Å². The zero-order valence-corrected chi connectivity index (χ0v) is 12.5. The van der Waals surface area contributed by atoms with E-state index in [4.69, 9.17) is 9.47 Å². The lowest BCUT2D eigenvalue weighted by Crippen LogP contribution is -2.15. The molecule has 0 saturated heterocycles. The number of hydrogen-bond donors (Lipinski definition) is 1. The van der Waals surface area contributed by atoms with Gasteiger partial charge >= 0.3 is 5.97 Å². The van der Waals surface area contributed by atoms with Gasteiger partial charge in [0, 0.05) is 23.9 Å². The Morgan fingerprint density at radius 3 is 2.85 bits per heavy atom. The molecule has 0 aromatic heterocycles. The predicted molar refractivity (Wildman–Crippen MR) is 80.2 cm³/mol. The van der Waals surface area contributed by atoms with Crippen LogP contribution in [0.1, 0.15) is 13.3 Å². The molecule has 1 amide bonds. The summed E-state index contributed by atoms with van der Waals surface area (Å²) in [5.74, 6) is 0.842. The molecule has 0 aliphatic heterocycles. The average Bonchev–Trinajstić information content (AvgIpc) is 2.44. The van der Waals surface area contributed by atoms with Crippen LogP contribution in [0.25, 0.3) is 0 Å². The first-order valence-electron chi connectivity index (χ1n) is 6.33. The summed E-state index contributed by atoms with van der Waals surface area (Å²) in [4.78, 5) is 22.8. The number of carbonyl (C=O) groups excluding carboxylic acids is 2. The Balaban J connectivity index is 2.48. The van der Waals surface area contributed by atoms with Crippen molar-refractivity contribution >= 4 is 29.3 Å². The van der Waals surface area contributed by atoms with Crippen molar-refractivity contribution in [3.63, 3.8) is 0 Å². The minimum atomic E-state index is -0.415. The summed E-state index contributed by atoms with van der Waals surface area (Å²) in [5.41, 5.74) is 0.650. The number of esters is 1. The third-order valence-electron chi connectivity index (χ3n) is 2.31. The molecular weight excluding hydrogens is 278 g/mol. The Hall–Kier alpha value is -1.69. The fourth-order valence-corrected chi connectivity index (χ4v) is 1.82. The molecule has 1 rings (SSSR count). The molecule has 0 aliphatic carbocycles. The normalized spacial score (nSPS) is 9.90. The third-order valence-corrected chi connectivity index (χ3v) is 2.93. The molecule has 6 heteroatoms. The standard InChI is InChI=1S/C14H19NO4S/c1-3-18-14(17)10-19-12-6-4-5-11(9-12)15-13(16)7-8-20-2/h4-6,9H,3,7-8,10H2,1-2H3,(H,15,16). The van der Waals surface area contributed by atoms with Crippen LogP contribution in [0.15, 0.2) is 24.3 Å². The molecule has 5 nitrogen and oxygen atoms in total. The third kappa shape index (κ3) is 6.47. The van der Waals surface area contributed by atoms with Gasteiger partial charge in [0.25, 0.3) is 0 Å². The molecule has 0 radical (unpaired) electrons. The first kappa shape index (κ1) is 16.4. The smallest absolute Gasteiger partial charge is 0.344 e. The van der Waals surface area contributed by atoms with E-state index in [0.29, 0.717) is 24.5 Å². The lowest BCUT2D eigenvalue weighted by atomic mass is 10.3. The lowest BCUT2D eigenvalue weighted by molar-refractivity contribution is -0.145. The van der Waals surface area contributed by atoms with E-state index in [0.717, 1.165) is 5.75 Å². The van der Waals surface area contributed by atoms with Crippen molar-refractivity contribution in [2.75, 3.05) is 30.5 Å². The maximum Gasteiger partial charge on any atom is 0.344 e. The van der Waals surface area contributed by atoms with Crippen molar-refractivity contribution in [1.82, 2.24) is 0 Å². The van der Waals surface area contributed by atoms with Crippen molar-refractivity contribution in [1.29, 1.82) is 0 Å². The maximum atomic E-state index is 11.6. The Morgan fingerprint density at radius 2 is 2.15 bits per heavy atom. The Labute approximate surface area is 123 Å². The molecule has 0 aliphatic rings. The van der Waals surface area contributed by atoms with Crippen molar-refractivity contribution in [3.05, 3.63) is 24.3 Å². The Kier molecular flexibility index (Phi) is 7.57. The molecule has 110 valence electrons. The van der Waals surface area contributed by atoms with Crippen LogP contribution in [-0.2, 0) is 14.3 Å². The molecule has 0 spiro atoms. The quantitative estimate of drug-likeness (QED) is 0.746. The molecule has 0 unspecified atom stereocenters. The van der Waals surface area contributed by atoms with E-state index in [1.807, 2.05) is 6.26 Å². The number of amides is 1. The van der Waals surface area contributed by atoms with Crippen LogP contribution in [0.3, 0.4) is 0 Å². The molecule has 1 aromatic carbocycles. The summed E-state index contributed by atoms with van der Waals surface area (Å²) >= 11 is 1.62. The Bertz CT molecular complexity index is 451. The number of hydrogen-bond acceptors (Lipinski definition) is 5. The van der Waals surface area contributed by atoms with Gasteiger partial charge in [-0.05, 0) is 25.3 Å². The van der Waals surface area contributed by atoms with Gasteiger partial charge in [-0.15, -0.1) is 0 Å². The van der Waals surface area contributed by atoms with Crippen LogP contribution in [0.2, 0.25) is 0 Å². The van der Waals surface area contributed by atoms with Crippen LogP contribution in [0, 0.1) is 0 Å². The summed E-state index contributed by atoms with van der Waals surface area (Å²) in [7, 11) is 0. The van der Waals surface area contributed by atoms with Crippen LogP contribution >= 0.6 is 11.8 Å². The van der Waals surface area contributed by atoms with Gasteiger partial charge < -0.3 is 14.8 Å². The van der Waals surface area contributed by atoms with Gasteiger partial charge in [-0.25, -0.2) is 4.79 Å². The van der Waals surface area contributed by atoms with E-state index in [9.17, 15) is 9.59 Å². The summed E-state index contributed by atoms with van der Waals surface area (Å²) in [6, 6.07) is 6.92. The zero-order chi connectivity index (χ0) is 14.8. The van der Waals surface area contributed by atoms with Crippen molar-refractivity contribution in [2.45, 2.75) is 13.3 Å². The van der Waals surface area contributed by atoms with Crippen molar-refractivity contribution in [2.24, 2.45) is 0 Å². The number of benzene rings is 1. The van der Waals surface area contributed by atoms with E-state index in [1.54, 1.807) is 43.0 Å². The summed E-state index contributed by atoms with van der Waals surface area (Å²) in [5, 5.41) is 2.78. The number of rotatable bonds is 8. The maximum absolute atomic E-state index is 11.6. The minimum Gasteiger partial charge on any atom is -0.482 e. The average molecular weight is 297 g/mol. The molecule has 1 N–H and O–H groups in total. The van der Waals surface area contributed by atoms with Gasteiger partial charge in [-0.3, -0.25) is 4.79 Å². The number of carbonyl (C=O) groups is 2. The second-order valence-corrected chi connectivity index (χ2v) is 4.90. The van der Waals surface area contributed by atoms with Gasteiger partial charge in [0.1, 0.15) is 5.75 Å². The van der Waals surface area contributed by atoms with Gasteiger partial charge in [0.15, 0.2) is 6.61 Å². The van der Waals surface area contributed by atoms with Crippen LogP contribution < -0.4 is 10.1 Å². The predicted octanol–water partition coefficient (Wildman–Crippen LogP) is 2.32. The lowest BCUT2D eigenvalue weighted by Gasteiger charge is -2.08. The van der Waals surface area contributed by atoms with E-state index in [-0.39, 0.29) is 12.5 Å². The van der Waals surface area contributed by atoms with E-state index < -0.39 is 5.97 Å². The highest BCUT2D eigenvalue weighted by Crippen LogP contribution is 2.17. The first-order chi connectivity index (χ1) is 9.65. The molecular formula is C14H19NO4S. The highest BCUT2D eigenvalue weighted by Gasteiger charge is 2.05. The number of thioether (sulfide) groups is 1. The molecule has 0 bridgehead atoms. The fraction of sp³-hybridized carbons (Fsp3) is 0.429. The molecule has 0 fully saturated rings. The second kappa shape index (κ2) is 9.25. The molecule has 0 atom stereocenters. The monoisotopic (exact) mass is 297 g/mol. The van der Waals surface area contributed by atoms with Gasteiger partial charge in [0.2, 0.25) is 5.91 Å². The van der Waals surface area contributed by atoms with Crippen molar-refractivity contribution < 1.29 is 19.1 Å². The summed E-state index contributed by atoms with van der Waals surface area (Å²) in [6.07, 6.45) is 2.42. The van der Waals surface area contributed by atoms with Gasteiger partial charge in [-0.2, -0.15) is 11.8 Å². The topological polar surface area (TPSA) is 64.6 Å². The molecule has 0 saturated carbocycles. The molecule has 0 heterocycles. The zero-order valence-electron chi connectivity index (χ0n) is 11.7. The number of nitrogens with one attached hydrogen (secondary N) is 1. The number of ether oxygens (including phenoxy) is 2. The van der Waals surface area contributed by atoms with Crippen molar-refractivity contribution in [3.8, 4) is 5.75 Å². The minimum absolute atomic E-state index is 0.0399.